The Balaban J connectivity index is 2.83. The normalized spacial score (nSPS) is 13.1. The first-order valence-corrected chi connectivity index (χ1v) is 6.28. The third-order valence-electron chi connectivity index (χ3n) is 2.91. The van der Waals surface area contributed by atoms with Gasteiger partial charge in [-0.15, -0.1) is 0 Å². The molecule has 104 valence electrons. The molecule has 0 saturated carbocycles. The second-order valence-corrected chi connectivity index (χ2v) is 4.92. The van der Waals surface area contributed by atoms with E-state index in [1.165, 1.54) is 23.2 Å². The Morgan fingerprint density at radius 1 is 1.32 bits per heavy atom. The van der Waals surface area contributed by atoms with E-state index in [2.05, 4.69) is 20.9 Å². The van der Waals surface area contributed by atoms with Crippen LogP contribution in [0.15, 0.2) is 14.3 Å². The fourth-order valence-corrected chi connectivity index (χ4v) is 2.35. The molecule has 1 atom stereocenters. The summed E-state index contributed by atoms with van der Waals surface area (Å²) < 4.78 is 3.97. The summed E-state index contributed by atoms with van der Waals surface area (Å²) in [5, 5.41) is 18.4. The molecule has 2 N–H and O–H groups in total. The largest absolute Gasteiger partial charge is 0.394 e. The van der Waals surface area contributed by atoms with Crippen LogP contribution in [0.5, 0.6) is 0 Å². The minimum absolute atomic E-state index is 0.00102. The number of aryl methyl sites for hydroxylation is 1. The van der Waals surface area contributed by atoms with Crippen LogP contribution in [0.3, 0.4) is 0 Å². The number of hydrogen-bond donors (Lipinski definition) is 2. The van der Waals surface area contributed by atoms with Crippen molar-refractivity contribution in [1.82, 2.24) is 18.7 Å². The number of nitrogens with zero attached hydrogens (tertiary/aromatic N) is 4. The van der Waals surface area contributed by atoms with E-state index in [1.807, 2.05) is 0 Å². The van der Waals surface area contributed by atoms with Gasteiger partial charge in [0.25, 0.3) is 5.56 Å². The van der Waals surface area contributed by atoms with Gasteiger partial charge in [-0.1, -0.05) is 0 Å². The predicted octanol–water partition coefficient (Wildman–Crippen LogP) is -1.45. The zero-order valence-electron chi connectivity index (χ0n) is 10.4. The van der Waals surface area contributed by atoms with Gasteiger partial charge in [0.15, 0.2) is 15.9 Å². The first kappa shape index (κ1) is 14.0. The van der Waals surface area contributed by atoms with Crippen LogP contribution in [0.25, 0.3) is 11.2 Å². The number of rotatable bonds is 3. The molecule has 2 rings (SSSR count). The lowest BCUT2D eigenvalue weighted by Crippen LogP contribution is -2.38. The maximum atomic E-state index is 12.1. The number of aromatic nitrogens is 4. The van der Waals surface area contributed by atoms with E-state index >= 15 is 0 Å². The minimum atomic E-state index is -1.02. The molecule has 9 heteroatoms. The summed E-state index contributed by atoms with van der Waals surface area (Å²) in [6, 6.07) is 0. The summed E-state index contributed by atoms with van der Waals surface area (Å²) in [7, 11) is 2.88. The van der Waals surface area contributed by atoms with E-state index in [0.29, 0.717) is 4.73 Å². The van der Waals surface area contributed by atoms with Gasteiger partial charge in [0.05, 0.1) is 19.3 Å². The van der Waals surface area contributed by atoms with E-state index in [0.717, 1.165) is 4.57 Å². The molecule has 0 aliphatic heterocycles. The molecule has 8 nitrogen and oxygen atoms in total. The Hall–Kier alpha value is -1.45. The van der Waals surface area contributed by atoms with E-state index in [1.54, 1.807) is 0 Å². The maximum Gasteiger partial charge on any atom is 0.332 e. The van der Waals surface area contributed by atoms with Crippen LogP contribution >= 0.6 is 15.9 Å². The highest BCUT2D eigenvalue weighted by Gasteiger charge is 2.19. The molecule has 0 amide bonds. The molecule has 0 fully saturated rings. The van der Waals surface area contributed by atoms with E-state index in [4.69, 9.17) is 5.11 Å². The van der Waals surface area contributed by atoms with Crippen molar-refractivity contribution in [2.75, 3.05) is 6.61 Å². The predicted molar refractivity (Wildman–Crippen MR) is 71.0 cm³/mol. The van der Waals surface area contributed by atoms with Gasteiger partial charge >= 0.3 is 5.69 Å². The first-order valence-electron chi connectivity index (χ1n) is 5.49. The summed E-state index contributed by atoms with van der Waals surface area (Å²) in [4.78, 5) is 28.0. The molecule has 2 aromatic heterocycles. The molecule has 0 aliphatic rings. The van der Waals surface area contributed by atoms with Crippen molar-refractivity contribution < 1.29 is 10.2 Å². The molecule has 0 radical (unpaired) electrons. The third kappa shape index (κ3) is 2.13. The van der Waals surface area contributed by atoms with Crippen LogP contribution in [-0.2, 0) is 20.6 Å². The Morgan fingerprint density at radius 2 is 1.95 bits per heavy atom. The molecule has 0 spiro atoms. The second kappa shape index (κ2) is 4.91. The van der Waals surface area contributed by atoms with Gasteiger partial charge in [0.2, 0.25) is 0 Å². The summed E-state index contributed by atoms with van der Waals surface area (Å²) in [5.74, 6) is 0. The van der Waals surface area contributed by atoms with Gasteiger partial charge in [0, 0.05) is 14.1 Å². The second-order valence-electron chi connectivity index (χ2n) is 4.21. The molecule has 0 bridgehead atoms. The summed E-state index contributed by atoms with van der Waals surface area (Å²) in [5.41, 5.74) is -0.548. The van der Waals surface area contributed by atoms with Crippen LogP contribution in [0, 0.1) is 0 Å². The lowest BCUT2D eigenvalue weighted by molar-refractivity contribution is 0.0815. The standard InChI is InChI=1S/C10H13BrN4O4/c1-13-7-6(8(18)14(2)10(13)19)15(9(11)12-7)3-5(17)4-16/h5,16-17H,3-4H2,1-2H3. The summed E-state index contributed by atoms with van der Waals surface area (Å²) in [6.45, 7) is -0.431. The van der Waals surface area contributed by atoms with E-state index in [9.17, 15) is 14.7 Å². The zero-order chi connectivity index (χ0) is 14.3. The van der Waals surface area contributed by atoms with Crippen LogP contribution in [0.1, 0.15) is 0 Å². The average Bonchev–Trinajstić information content (AvgIpc) is 2.71. The average molecular weight is 333 g/mol. The van der Waals surface area contributed by atoms with Gasteiger partial charge in [-0.2, -0.15) is 0 Å². The Kier molecular flexibility index (Phi) is 3.61. The van der Waals surface area contributed by atoms with Gasteiger partial charge in [-0.25, -0.2) is 9.78 Å². The molecule has 0 aromatic carbocycles. The molecular formula is C10H13BrN4O4. The minimum Gasteiger partial charge on any atom is -0.394 e. The lowest BCUT2D eigenvalue weighted by Gasteiger charge is -2.10. The third-order valence-corrected chi connectivity index (χ3v) is 3.51. The number of aliphatic hydroxyl groups is 2. The fourth-order valence-electron chi connectivity index (χ4n) is 1.86. The number of fused-ring (bicyclic) bond motifs is 1. The molecule has 1 unspecified atom stereocenters. The lowest BCUT2D eigenvalue weighted by atomic mass is 10.3. The number of aliphatic hydroxyl groups excluding tert-OH is 2. The Morgan fingerprint density at radius 3 is 2.53 bits per heavy atom. The van der Waals surface area contributed by atoms with Crippen LogP contribution < -0.4 is 11.2 Å². The van der Waals surface area contributed by atoms with Crippen LogP contribution in [0.4, 0.5) is 0 Å². The first-order chi connectivity index (χ1) is 8.88. The number of imidazole rings is 1. The molecule has 2 heterocycles. The highest BCUT2D eigenvalue weighted by atomic mass is 79.9. The van der Waals surface area contributed by atoms with Crippen molar-refractivity contribution in [3.05, 3.63) is 25.6 Å². The van der Waals surface area contributed by atoms with Gasteiger partial charge in [-0.3, -0.25) is 13.9 Å². The van der Waals surface area contributed by atoms with Crippen molar-refractivity contribution in [1.29, 1.82) is 0 Å². The van der Waals surface area contributed by atoms with Crippen molar-refractivity contribution in [2.24, 2.45) is 14.1 Å². The Bertz CT molecular complexity index is 745. The van der Waals surface area contributed by atoms with Gasteiger partial charge in [0.1, 0.15) is 0 Å². The summed E-state index contributed by atoms with van der Waals surface area (Å²) in [6.07, 6.45) is -1.02. The highest BCUT2D eigenvalue weighted by molar-refractivity contribution is 9.10. The molecule has 2 aromatic rings. The van der Waals surface area contributed by atoms with E-state index in [-0.39, 0.29) is 17.7 Å². The van der Waals surface area contributed by atoms with Crippen molar-refractivity contribution in [3.8, 4) is 0 Å². The fraction of sp³-hybridized carbons (Fsp3) is 0.500. The summed E-state index contributed by atoms with van der Waals surface area (Å²) >= 11 is 3.18. The van der Waals surface area contributed by atoms with Crippen molar-refractivity contribution >= 4 is 27.1 Å². The smallest absolute Gasteiger partial charge is 0.332 e. The zero-order valence-corrected chi connectivity index (χ0v) is 12.0. The topological polar surface area (TPSA) is 102 Å². The molecule has 0 saturated heterocycles. The molecule has 19 heavy (non-hydrogen) atoms. The SMILES string of the molecule is Cn1c(=O)c2c(nc(Br)n2CC(O)CO)n(C)c1=O. The van der Waals surface area contributed by atoms with Crippen LogP contribution in [0.2, 0.25) is 0 Å². The van der Waals surface area contributed by atoms with E-state index < -0.39 is 24.0 Å². The number of halogens is 1. The van der Waals surface area contributed by atoms with Crippen LogP contribution in [-0.4, -0.2) is 41.6 Å². The molecular weight excluding hydrogens is 320 g/mol. The van der Waals surface area contributed by atoms with Gasteiger partial charge < -0.3 is 14.8 Å². The van der Waals surface area contributed by atoms with Crippen molar-refractivity contribution in [3.63, 3.8) is 0 Å². The monoisotopic (exact) mass is 332 g/mol. The van der Waals surface area contributed by atoms with Gasteiger partial charge in [-0.05, 0) is 15.9 Å². The number of hydrogen-bond acceptors (Lipinski definition) is 5. The molecule has 0 aliphatic carbocycles. The van der Waals surface area contributed by atoms with Crippen molar-refractivity contribution in [2.45, 2.75) is 12.6 Å². The Labute approximate surface area is 115 Å². The highest BCUT2D eigenvalue weighted by Crippen LogP contribution is 2.16. The maximum absolute atomic E-state index is 12.1. The quantitative estimate of drug-likeness (QED) is 0.669.